The Morgan fingerprint density at radius 3 is 1.65 bits per heavy atom. The molecule has 0 aliphatic rings. The predicted octanol–water partition coefficient (Wildman–Crippen LogP) is 2.27. The number of nitrogens with zero attached hydrogens (tertiary/aromatic N) is 2. The van der Waals surface area contributed by atoms with E-state index < -0.39 is 31.8 Å². The molecule has 0 saturated heterocycles. The minimum Gasteiger partial charge on any atom is -0.229 e. The number of rotatable bonds is 7. The number of primary sulfonamides is 1. The molecule has 13 heteroatoms. The van der Waals surface area contributed by atoms with Crippen LogP contribution in [0.15, 0.2) is 36.4 Å². The molecule has 0 radical (unpaired) electrons. The van der Waals surface area contributed by atoms with Crippen molar-refractivity contribution in [3.63, 3.8) is 0 Å². The van der Waals surface area contributed by atoms with Crippen molar-refractivity contribution >= 4 is 32.0 Å². The first kappa shape index (κ1) is 26.4. The molecular formula is C18H16ClF2N3O5S2. The number of nitrogens with two attached hydrogens (primary N) is 1. The van der Waals surface area contributed by atoms with Gasteiger partial charge in [-0.1, -0.05) is 12.1 Å². The molecule has 0 spiro atoms. The molecule has 2 N–H and O–H groups in total. The summed E-state index contributed by atoms with van der Waals surface area (Å²) >= 11 is 4.75. The normalized spacial score (nSPS) is 11.0. The van der Waals surface area contributed by atoms with E-state index in [1.165, 1.54) is 18.2 Å². The Bertz CT molecular complexity index is 1220. The number of nitriles is 2. The maximum absolute atomic E-state index is 12.8. The number of sulfonamides is 1. The van der Waals surface area contributed by atoms with Crippen molar-refractivity contribution in [2.24, 2.45) is 5.14 Å². The summed E-state index contributed by atoms with van der Waals surface area (Å²) in [5, 5.41) is 22.2. The van der Waals surface area contributed by atoms with Crippen LogP contribution in [-0.2, 0) is 36.7 Å². The van der Waals surface area contributed by atoms with E-state index in [-0.39, 0.29) is 35.5 Å². The van der Waals surface area contributed by atoms with Gasteiger partial charge in [-0.15, -0.1) is 0 Å². The molecule has 0 aliphatic carbocycles. The van der Waals surface area contributed by atoms with Crippen LogP contribution in [0.2, 0.25) is 0 Å². The van der Waals surface area contributed by atoms with Crippen LogP contribution >= 0.6 is 11.9 Å². The molecule has 2 rings (SSSR count). The summed E-state index contributed by atoms with van der Waals surface area (Å²) in [6.07, 6.45) is 0.153. The smallest absolute Gasteiger partial charge is 0.229 e. The lowest BCUT2D eigenvalue weighted by atomic mass is 10.1. The zero-order valence-corrected chi connectivity index (χ0v) is 18.1. The third kappa shape index (κ3) is 9.83. The van der Waals surface area contributed by atoms with Gasteiger partial charge in [-0.25, -0.2) is 22.3 Å². The van der Waals surface area contributed by atoms with Crippen molar-refractivity contribution in [3.05, 3.63) is 70.3 Å². The summed E-state index contributed by atoms with van der Waals surface area (Å²) in [6.45, 7) is 0. The second-order valence-electron chi connectivity index (χ2n) is 6.02. The van der Waals surface area contributed by atoms with E-state index in [2.05, 4.69) is 3.74 Å². The van der Waals surface area contributed by atoms with Crippen molar-refractivity contribution in [1.82, 2.24) is 0 Å². The molecule has 166 valence electrons. The fourth-order valence-electron chi connectivity index (χ4n) is 2.26. The van der Waals surface area contributed by atoms with Crippen LogP contribution in [0, 0.1) is 34.3 Å². The minimum atomic E-state index is -3.79. The Morgan fingerprint density at radius 2 is 1.29 bits per heavy atom. The first-order valence-corrected chi connectivity index (χ1v) is 11.9. The average molecular weight is 492 g/mol. The zero-order valence-electron chi connectivity index (χ0n) is 15.8. The predicted molar refractivity (Wildman–Crippen MR) is 108 cm³/mol. The van der Waals surface area contributed by atoms with Crippen molar-refractivity contribution in [2.45, 2.75) is 12.8 Å². The van der Waals surface area contributed by atoms with Gasteiger partial charge in [0, 0.05) is 0 Å². The molecule has 0 aromatic heterocycles. The van der Waals surface area contributed by atoms with Gasteiger partial charge >= 0.3 is 0 Å². The van der Waals surface area contributed by atoms with Crippen LogP contribution in [0.25, 0.3) is 0 Å². The fourth-order valence-corrected chi connectivity index (χ4v) is 3.49. The number of hydrogen-bond donors (Lipinski definition) is 1. The highest BCUT2D eigenvalue weighted by molar-refractivity contribution is 7.89. The van der Waals surface area contributed by atoms with Crippen LogP contribution in [0.5, 0.6) is 0 Å². The topological polar surface area (TPSA) is 151 Å². The largest absolute Gasteiger partial charge is 0.283 e. The molecule has 0 heterocycles. The van der Waals surface area contributed by atoms with Crippen LogP contribution in [0.1, 0.15) is 22.3 Å². The molecule has 2 aromatic rings. The molecule has 2 aromatic carbocycles. The maximum atomic E-state index is 12.8. The summed E-state index contributed by atoms with van der Waals surface area (Å²) < 4.78 is 72.5. The van der Waals surface area contributed by atoms with Crippen LogP contribution < -0.4 is 5.14 Å². The van der Waals surface area contributed by atoms with Gasteiger partial charge in [0.05, 0.1) is 46.6 Å². The lowest BCUT2D eigenvalue weighted by Gasteiger charge is -2.03. The second kappa shape index (κ2) is 11.7. The van der Waals surface area contributed by atoms with Crippen molar-refractivity contribution < 1.29 is 29.4 Å². The summed E-state index contributed by atoms with van der Waals surface area (Å²) in [7, 11) is -7.35. The quantitative estimate of drug-likeness (QED) is 0.623. The van der Waals surface area contributed by atoms with E-state index in [0.717, 1.165) is 18.2 Å². The third-order valence-corrected chi connectivity index (χ3v) is 6.00. The van der Waals surface area contributed by atoms with Gasteiger partial charge in [0.1, 0.15) is 11.6 Å². The molecule has 0 amide bonds. The molecule has 0 saturated carbocycles. The third-order valence-electron chi connectivity index (χ3n) is 3.76. The van der Waals surface area contributed by atoms with Crippen molar-refractivity contribution in [1.29, 1.82) is 10.5 Å². The lowest BCUT2D eigenvalue weighted by molar-refractivity contribution is 0.508. The molecular weight excluding hydrogens is 476 g/mol. The highest BCUT2D eigenvalue weighted by atomic mass is 35.5. The lowest BCUT2D eigenvalue weighted by Crippen LogP contribution is -2.18. The molecule has 0 bridgehead atoms. The van der Waals surface area contributed by atoms with Gasteiger partial charge < -0.3 is 0 Å². The average Bonchev–Trinajstić information content (AvgIpc) is 2.71. The van der Waals surface area contributed by atoms with E-state index >= 15 is 0 Å². The number of aryl methyl sites for hydroxylation is 2. The Kier molecular flexibility index (Phi) is 9.97. The Morgan fingerprint density at radius 1 is 0.871 bits per heavy atom. The van der Waals surface area contributed by atoms with Crippen LogP contribution in [0.4, 0.5) is 8.78 Å². The van der Waals surface area contributed by atoms with Crippen molar-refractivity contribution in [3.8, 4) is 12.1 Å². The Labute approximate surface area is 183 Å². The molecule has 0 fully saturated rings. The summed E-state index contributed by atoms with van der Waals surface area (Å²) in [4.78, 5) is 0. The van der Waals surface area contributed by atoms with Gasteiger partial charge in [-0.3, -0.25) is 0 Å². The number of halogens is 3. The van der Waals surface area contributed by atoms with Gasteiger partial charge in [0.15, 0.2) is 0 Å². The Hall–Kier alpha value is -2.61. The summed E-state index contributed by atoms with van der Waals surface area (Å²) in [5.74, 6) is -1.69. The molecule has 8 nitrogen and oxygen atoms in total. The molecule has 0 atom stereocenters. The van der Waals surface area contributed by atoms with E-state index in [1.807, 2.05) is 0 Å². The number of hydrogen-bond acceptors (Lipinski definition) is 7. The highest BCUT2D eigenvalue weighted by Gasteiger charge is 2.13. The van der Waals surface area contributed by atoms with Gasteiger partial charge in [-0.2, -0.15) is 22.7 Å². The highest BCUT2D eigenvalue weighted by Crippen LogP contribution is 2.13. The van der Waals surface area contributed by atoms with E-state index in [1.54, 1.807) is 12.1 Å². The van der Waals surface area contributed by atoms with E-state index in [0.29, 0.717) is 11.1 Å². The van der Waals surface area contributed by atoms with Crippen molar-refractivity contribution in [2.75, 3.05) is 11.5 Å². The van der Waals surface area contributed by atoms with Gasteiger partial charge in [0.2, 0.25) is 10.0 Å². The maximum Gasteiger partial charge on any atom is 0.283 e. The first-order chi connectivity index (χ1) is 14.4. The summed E-state index contributed by atoms with van der Waals surface area (Å²) in [6, 6.07) is 10.8. The molecule has 0 aliphatic heterocycles. The molecule has 0 unspecified atom stereocenters. The van der Waals surface area contributed by atoms with Crippen LogP contribution in [-0.4, -0.2) is 28.3 Å². The summed E-state index contributed by atoms with van der Waals surface area (Å²) in [5.41, 5.74) is 1.15. The monoisotopic (exact) mass is 491 g/mol. The van der Waals surface area contributed by atoms with Crippen LogP contribution in [0.3, 0.4) is 0 Å². The second-order valence-corrected chi connectivity index (χ2v) is 9.78. The fraction of sp³-hybridized carbons (Fsp3) is 0.222. The van der Waals surface area contributed by atoms with E-state index in [4.69, 9.17) is 27.5 Å². The SMILES string of the molecule is N#Cc1cc(F)ccc1CCS(=O)(=O)OCl.N#Cc1cc(F)ccc1CCS(N)(=O)=O. The van der Waals surface area contributed by atoms with Gasteiger partial charge in [-0.05, 0) is 48.2 Å². The van der Waals surface area contributed by atoms with Gasteiger partial charge in [0.25, 0.3) is 10.1 Å². The molecule has 31 heavy (non-hydrogen) atoms. The minimum absolute atomic E-state index is 0.0399. The first-order valence-electron chi connectivity index (χ1n) is 8.31. The Balaban J connectivity index is 0.000000311. The van der Waals surface area contributed by atoms with E-state index in [9.17, 15) is 25.6 Å². The number of benzene rings is 2. The zero-order chi connectivity index (χ0) is 23.7. The standard InChI is InChI=1S/C9H7ClFNO3S.C9H9FN2O2S/c10-15-16(13,14)4-3-7-1-2-9(11)5-8(7)6-12;10-9-2-1-7(8(5-9)6-11)3-4-15(12,13)14/h1-2,5H,3-4H2;1-2,5H,3-4H2,(H2,12,13,14).